The summed E-state index contributed by atoms with van der Waals surface area (Å²) in [7, 11) is 0. The Morgan fingerprint density at radius 2 is 1.81 bits per heavy atom. The molecule has 0 aromatic carbocycles. The molecule has 2 aliphatic rings. The minimum atomic E-state index is 0.437. The fourth-order valence-corrected chi connectivity index (χ4v) is 3.71. The second-order valence-electron chi connectivity index (χ2n) is 5.82. The van der Waals surface area contributed by atoms with E-state index in [2.05, 4.69) is 6.92 Å². The third-order valence-corrected chi connectivity index (χ3v) is 4.72. The maximum atomic E-state index is 12.3. The van der Waals surface area contributed by atoms with Crippen LogP contribution in [0.5, 0.6) is 0 Å². The molecule has 0 radical (unpaired) electrons. The highest BCUT2D eigenvalue weighted by Crippen LogP contribution is 2.40. The van der Waals surface area contributed by atoms with Crippen molar-refractivity contribution in [1.82, 2.24) is 0 Å². The van der Waals surface area contributed by atoms with E-state index >= 15 is 0 Å². The van der Waals surface area contributed by atoms with Gasteiger partial charge in [-0.05, 0) is 38.0 Å². The lowest BCUT2D eigenvalue weighted by Gasteiger charge is -2.26. The summed E-state index contributed by atoms with van der Waals surface area (Å²) >= 11 is 0. The molecule has 2 aliphatic carbocycles. The van der Waals surface area contributed by atoms with Crippen molar-refractivity contribution in [2.75, 3.05) is 0 Å². The van der Waals surface area contributed by atoms with Crippen molar-refractivity contribution >= 4 is 5.78 Å². The van der Waals surface area contributed by atoms with Crippen LogP contribution in [0.3, 0.4) is 0 Å². The van der Waals surface area contributed by atoms with Crippen molar-refractivity contribution in [3.8, 4) is 0 Å². The Bertz CT molecular complexity index is 228. The number of hydrogen-bond donors (Lipinski definition) is 0. The third kappa shape index (κ3) is 2.67. The number of ketones is 1. The monoisotopic (exact) mass is 222 g/mol. The smallest absolute Gasteiger partial charge is 0.139 e. The topological polar surface area (TPSA) is 17.1 Å². The van der Waals surface area contributed by atoms with E-state index in [0.29, 0.717) is 17.6 Å². The Labute approximate surface area is 100.0 Å². The molecule has 0 N–H and O–H groups in total. The molecule has 2 atom stereocenters. The summed E-state index contributed by atoms with van der Waals surface area (Å²) in [6.07, 6.45) is 12.8. The predicted molar refractivity (Wildman–Crippen MR) is 67.3 cm³/mol. The number of hydrogen-bond acceptors (Lipinski definition) is 1. The lowest BCUT2D eigenvalue weighted by molar-refractivity contribution is -0.125. The van der Waals surface area contributed by atoms with E-state index < -0.39 is 0 Å². The predicted octanol–water partition coefficient (Wildman–Crippen LogP) is 4.35. The highest BCUT2D eigenvalue weighted by atomic mass is 16.1. The van der Waals surface area contributed by atoms with E-state index in [-0.39, 0.29) is 0 Å². The maximum Gasteiger partial charge on any atom is 0.139 e. The summed E-state index contributed by atoms with van der Waals surface area (Å²) in [6.45, 7) is 2.22. The van der Waals surface area contributed by atoms with Crippen molar-refractivity contribution in [3.63, 3.8) is 0 Å². The summed E-state index contributed by atoms with van der Waals surface area (Å²) in [4.78, 5) is 12.3. The number of unbranched alkanes of at least 4 members (excludes halogenated alkanes) is 1. The Balaban J connectivity index is 1.85. The second-order valence-corrected chi connectivity index (χ2v) is 5.82. The van der Waals surface area contributed by atoms with Gasteiger partial charge in [-0.3, -0.25) is 4.79 Å². The quantitative estimate of drug-likeness (QED) is 0.691. The van der Waals surface area contributed by atoms with Crippen LogP contribution in [0.2, 0.25) is 0 Å². The first-order chi connectivity index (χ1) is 7.83. The molecule has 1 heteroatoms. The van der Waals surface area contributed by atoms with Crippen molar-refractivity contribution in [2.24, 2.45) is 17.8 Å². The molecule has 2 saturated carbocycles. The minimum absolute atomic E-state index is 0.437. The number of Topliss-reactive ketones (excluding diaryl/α,β-unsaturated/α-hetero) is 1. The molecular formula is C15H26O. The minimum Gasteiger partial charge on any atom is -0.299 e. The highest BCUT2D eigenvalue weighted by molar-refractivity contribution is 5.85. The molecular weight excluding hydrogens is 196 g/mol. The Hall–Kier alpha value is -0.330. The molecule has 92 valence electrons. The summed E-state index contributed by atoms with van der Waals surface area (Å²) in [6, 6.07) is 0. The summed E-state index contributed by atoms with van der Waals surface area (Å²) < 4.78 is 0. The first kappa shape index (κ1) is 12.1. The van der Waals surface area contributed by atoms with Gasteiger partial charge in [-0.2, -0.15) is 0 Å². The van der Waals surface area contributed by atoms with Gasteiger partial charge in [0.05, 0.1) is 0 Å². The van der Waals surface area contributed by atoms with E-state index in [9.17, 15) is 4.79 Å². The first-order valence-corrected chi connectivity index (χ1v) is 7.36. The molecule has 0 amide bonds. The lowest BCUT2D eigenvalue weighted by Crippen LogP contribution is -2.24. The molecule has 16 heavy (non-hydrogen) atoms. The number of carbonyl (C=O) groups is 1. The van der Waals surface area contributed by atoms with Gasteiger partial charge in [0.25, 0.3) is 0 Å². The van der Waals surface area contributed by atoms with Gasteiger partial charge in [-0.1, -0.05) is 39.0 Å². The normalized spacial score (nSPS) is 32.2. The van der Waals surface area contributed by atoms with Crippen molar-refractivity contribution in [1.29, 1.82) is 0 Å². The van der Waals surface area contributed by atoms with Crippen LogP contribution in [0, 0.1) is 17.8 Å². The van der Waals surface area contributed by atoms with Gasteiger partial charge in [0.1, 0.15) is 5.78 Å². The van der Waals surface area contributed by atoms with E-state index in [1.54, 1.807) is 0 Å². The van der Waals surface area contributed by atoms with Crippen LogP contribution in [0.1, 0.15) is 71.1 Å². The molecule has 0 saturated heterocycles. The first-order valence-electron chi connectivity index (χ1n) is 7.36. The van der Waals surface area contributed by atoms with E-state index in [1.165, 1.54) is 64.2 Å². The molecule has 2 fully saturated rings. The van der Waals surface area contributed by atoms with Gasteiger partial charge in [0.2, 0.25) is 0 Å². The van der Waals surface area contributed by atoms with Crippen molar-refractivity contribution in [2.45, 2.75) is 71.1 Å². The van der Waals surface area contributed by atoms with Gasteiger partial charge >= 0.3 is 0 Å². The van der Waals surface area contributed by atoms with Gasteiger partial charge in [0.15, 0.2) is 0 Å². The zero-order valence-corrected chi connectivity index (χ0v) is 10.7. The third-order valence-electron chi connectivity index (χ3n) is 4.72. The fraction of sp³-hybridized carbons (Fsp3) is 0.933. The molecule has 0 spiro atoms. The number of rotatable bonds is 4. The zero-order valence-electron chi connectivity index (χ0n) is 10.7. The Morgan fingerprint density at radius 3 is 2.50 bits per heavy atom. The fourth-order valence-electron chi connectivity index (χ4n) is 3.71. The van der Waals surface area contributed by atoms with Gasteiger partial charge in [-0.15, -0.1) is 0 Å². The average Bonchev–Trinajstić information content (AvgIpc) is 2.69. The highest BCUT2D eigenvalue weighted by Gasteiger charge is 2.38. The average molecular weight is 222 g/mol. The van der Waals surface area contributed by atoms with Crippen LogP contribution >= 0.6 is 0 Å². The maximum absolute atomic E-state index is 12.3. The number of carbonyl (C=O) groups excluding carboxylic acids is 1. The molecule has 0 aliphatic heterocycles. The van der Waals surface area contributed by atoms with Crippen LogP contribution in [0.15, 0.2) is 0 Å². The zero-order chi connectivity index (χ0) is 11.4. The molecule has 0 bridgehead atoms. The SMILES string of the molecule is CCCCC1CCC(C2CCCCC2)C1=O. The standard InChI is InChI=1S/C15H26O/c1-2-3-7-13-10-11-14(15(13)16)12-8-5-4-6-9-12/h12-14H,2-11H2,1H3. The van der Waals surface area contributed by atoms with Crippen molar-refractivity contribution < 1.29 is 4.79 Å². The molecule has 2 rings (SSSR count). The van der Waals surface area contributed by atoms with E-state index in [1.807, 2.05) is 0 Å². The summed E-state index contributed by atoms with van der Waals surface area (Å²) in [5, 5.41) is 0. The van der Waals surface area contributed by atoms with Crippen molar-refractivity contribution in [3.05, 3.63) is 0 Å². The van der Waals surface area contributed by atoms with Gasteiger partial charge < -0.3 is 0 Å². The molecule has 1 nitrogen and oxygen atoms in total. The molecule has 0 heterocycles. The molecule has 0 aromatic rings. The summed E-state index contributed by atoms with van der Waals surface area (Å²) in [5.74, 6) is 2.29. The Kier molecular flexibility index (Phi) is 4.43. The Morgan fingerprint density at radius 1 is 1.06 bits per heavy atom. The van der Waals surface area contributed by atoms with Crippen LogP contribution in [0.25, 0.3) is 0 Å². The van der Waals surface area contributed by atoms with Gasteiger partial charge in [-0.25, -0.2) is 0 Å². The van der Waals surface area contributed by atoms with Crippen LogP contribution in [0.4, 0.5) is 0 Å². The van der Waals surface area contributed by atoms with E-state index in [0.717, 1.165) is 5.92 Å². The molecule has 0 aromatic heterocycles. The molecule has 2 unspecified atom stereocenters. The lowest BCUT2D eigenvalue weighted by atomic mass is 9.78. The second kappa shape index (κ2) is 5.84. The van der Waals surface area contributed by atoms with Crippen LogP contribution < -0.4 is 0 Å². The largest absolute Gasteiger partial charge is 0.299 e. The summed E-state index contributed by atoms with van der Waals surface area (Å²) in [5.41, 5.74) is 0. The van der Waals surface area contributed by atoms with Gasteiger partial charge in [0, 0.05) is 11.8 Å². The van der Waals surface area contributed by atoms with Crippen LogP contribution in [-0.4, -0.2) is 5.78 Å². The van der Waals surface area contributed by atoms with Crippen LogP contribution in [-0.2, 0) is 4.79 Å². The van der Waals surface area contributed by atoms with E-state index in [4.69, 9.17) is 0 Å².